The minimum absolute atomic E-state index is 0.644. The number of benzene rings is 2. The lowest BCUT2D eigenvalue weighted by Crippen LogP contribution is -1.97. The third-order valence-corrected chi connectivity index (χ3v) is 4.01. The van der Waals surface area contributed by atoms with E-state index in [4.69, 9.17) is 14.2 Å². The average Bonchev–Trinajstić information content (AvgIpc) is 3.22. The van der Waals surface area contributed by atoms with Gasteiger partial charge in [0.15, 0.2) is 0 Å². The van der Waals surface area contributed by atoms with Crippen LogP contribution in [0.5, 0.6) is 23.0 Å². The van der Waals surface area contributed by atoms with Gasteiger partial charge in [0.1, 0.15) is 23.0 Å². The first kappa shape index (κ1) is 16.0. The van der Waals surface area contributed by atoms with Crippen molar-refractivity contribution in [3.8, 4) is 28.7 Å². The van der Waals surface area contributed by atoms with Gasteiger partial charge in [-0.05, 0) is 30.3 Å². The van der Waals surface area contributed by atoms with Gasteiger partial charge in [-0.25, -0.2) is 4.68 Å². The number of pyridine rings is 1. The number of ether oxygens (including phenoxy) is 3. The van der Waals surface area contributed by atoms with Crippen molar-refractivity contribution < 1.29 is 14.2 Å². The summed E-state index contributed by atoms with van der Waals surface area (Å²) in [5.41, 5.74) is 1.68. The van der Waals surface area contributed by atoms with Gasteiger partial charge < -0.3 is 14.2 Å². The van der Waals surface area contributed by atoms with Gasteiger partial charge >= 0.3 is 0 Å². The van der Waals surface area contributed by atoms with Crippen LogP contribution in [0.1, 0.15) is 0 Å². The molecule has 0 N–H and O–H groups in total. The molecule has 0 unspecified atom stereocenters. The second kappa shape index (κ2) is 6.76. The monoisotopic (exact) mass is 347 g/mol. The van der Waals surface area contributed by atoms with Crippen molar-refractivity contribution in [3.05, 3.63) is 67.1 Å². The first-order valence-electron chi connectivity index (χ1n) is 8.06. The molecule has 4 aromatic rings. The largest absolute Gasteiger partial charge is 0.497 e. The van der Waals surface area contributed by atoms with Crippen molar-refractivity contribution in [3.63, 3.8) is 0 Å². The number of hydrogen-bond acceptors (Lipinski definition) is 5. The molecule has 0 amide bonds. The Labute approximate surface area is 150 Å². The van der Waals surface area contributed by atoms with Crippen LogP contribution in [-0.2, 0) is 0 Å². The number of nitrogens with zero attached hydrogens (tertiary/aromatic N) is 3. The quantitative estimate of drug-likeness (QED) is 0.541. The maximum atomic E-state index is 6.16. The summed E-state index contributed by atoms with van der Waals surface area (Å²) in [6, 6.07) is 15.0. The molecule has 6 nitrogen and oxygen atoms in total. The topological polar surface area (TPSA) is 58.4 Å². The molecule has 0 spiro atoms. The minimum atomic E-state index is 0.644. The summed E-state index contributed by atoms with van der Waals surface area (Å²) in [5, 5.41) is 5.13. The Balaban J connectivity index is 1.77. The lowest BCUT2D eigenvalue weighted by molar-refractivity contribution is 0.408. The third kappa shape index (κ3) is 3.04. The molecule has 2 aromatic heterocycles. The number of methoxy groups -OCH3 is 2. The van der Waals surface area contributed by atoms with E-state index in [1.165, 1.54) is 0 Å². The van der Waals surface area contributed by atoms with Crippen molar-refractivity contribution in [2.75, 3.05) is 14.2 Å². The highest BCUT2D eigenvalue weighted by molar-refractivity contribution is 5.86. The Morgan fingerprint density at radius 1 is 0.846 bits per heavy atom. The highest BCUT2D eigenvalue weighted by Crippen LogP contribution is 2.33. The van der Waals surface area contributed by atoms with E-state index >= 15 is 0 Å². The van der Waals surface area contributed by atoms with Gasteiger partial charge in [0.05, 0.1) is 25.4 Å². The van der Waals surface area contributed by atoms with E-state index in [9.17, 15) is 0 Å². The van der Waals surface area contributed by atoms with Gasteiger partial charge in [-0.2, -0.15) is 5.10 Å². The molecule has 0 saturated heterocycles. The van der Waals surface area contributed by atoms with Crippen LogP contribution >= 0.6 is 0 Å². The molecule has 0 bridgehead atoms. The Hall–Kier alpha value is -3.54. The highest BCUT2D eigenvalue weighted by atomic mass is 16.5. The summed E-state index contributed by atoms with van der Waals surface area (Å²) < 4.78 is 18.6. The Morgan fingerprint density at radius 2 is 1.69 bits per heavy atom. The van der Waals surface area contributed by atoms with Crippen LogP contribution in [0.2, 0.25) is 0 Å². The van der Waals surface area contributed by atoms with Crippen molar-refractivity contribution >= 4 is 10.9 Å². The maximum absolute atomic E-state index is 6.16. The zero-order chi connectivity index (χ0) is 17.9. The molecule has 2 aromatic carbocycles. The summed E-state index contributed by atoms with van der Waals surface area (Å²) in [7, 11) is 3.26. The van der Waals surface area contributed by atoms with Gasteiger partial charge in [0.25, 0.3) is 0 Å². The number of rotatable bonds is 5. The fourth-order valence-electron chi connectivity index (χ4n) is 2.73. The minimum Gasteiger partial charge on any atom is -0.497 e. The highest BCUT2D eigenvalue weighted by Gasteiger charge is 2.09. The Kier molecular flexibility index (Phi) is 4.15. The van der Waals surface area contributed by atoms with E-state index in [0.29, 0.717) is 17.2 Å². The zero-order valence-electron chi connectivity index (χ0n) is 14.4. The summed E-state index contributed by atoms with van der Waals surface area (Å²) in [4.78, 5) is 4.38. The molecule has 4 rings (SSSR count). The van der Waals surface area contributed by atoms with Crippen LogP contribution < -0.4 is 14.2 Å². The second-order valence-electron chi connectivity index (χ2n) is 5.61. The third-order valence-electron chi connectivity index (χ3n) is 4.01. The van der Waals surface area contributed by atoms with Gasteiger partial charge in [0, 0.05) is 42.2 Å². The van der Waals surface area contributed by atoms with Crippen LogP contribution in [0, 0.1) is 0 Å². The smallest absolute Gasteiger partial charge is 0.138 e. The molecule has 2 heterocycles. The average molecular weight is 347 g/mol. The van der Waals surface area contributed by atoms with Gasteiger partial charge in [0.2, 0.25) is 0 Å². The molecule has 130 valence electrons. The molecule has 0 atom stereocenters. The molecule has 26 heavy (non-hydrogen) atoms. The van der Waals surface area contributed by atoms with E-state index in [1.807, 2.05) is 54.7 Å². The van der Waals surface area contributed by atoms with Crippen molar-refractivity contribution in [2.45, 2.75) is 0 Å². The van der Waals surface area contributed by atoms with Crippen LogP contribution in [0.25, 0.3) is 16.6 Å². The molecule has 0 aliphatic carbocycles. The molecule has 0 radical (unpaired) electrons. The molecule has 0 aliphatic heterocycles. The fourth-order valence-corrected chi connectivity index (χ4v) is 2.73. The van der Waals surface area contributed by atoms with Crippen molar-refractivity contribution in [1.29, 1.82) is 0 Å². The normalized spacial score (nSPS) is 10.7. The molecular formula is C20H17N3O3. The molecule has 6 heteroatoms. The summed E-state index contributed by atoms with van der Waals surface area (Å²) in [5.74, 6) is 2.76. The summed E-state index contributed by atoms with van der Waals surface area (Å²) in [6.45, 7) is 0. The SMILES string of the molecule is COc1cc(Oc2ccnc3ccc(OC)cc23)cc(-n2cccn2)c1. The Morgan fingerprint density at radius 3 is 2.46 bits per heavy atom. The molecular weight excluding hydrogens is 330 g/mol. The molecule has 0 fully saturated rings. The van der Waals surface area contributed by atoms with Crippen LogP contribution in [-0.4, -0.2) is 29.0 Å². The lowest BCUT2D eigenvalue weighted by atomic mass is 10.2. The fraction of sp³-hybridized carbons (Fsp3) is 0.100. The first-order valence-corrected chi connectivity index (χ1v) is 8.06. The molecule has 0 aliphatic rings. The zero-order valence-corrected chi connectivity index (χ0v) is 14.4. The van der Waals surface area contributed by atoms with Crippen molar-refractivity contribution in [2.24, 2.45) is 0 Å². The predicted molar refractivity (Wildman–Crippen MR) is 98.5 cm³/mol. The van der Waals surface area contributed by atoms with E-state index in [-0.39, 0.29) is 0 Å². The predicted octanol–water partition coefficient (Wildman–Crippen LogP) is 4.23. The summed E-state index contributed by atoms with van der Waals surface area (Å²) in [6.07, 6.45) is 5.31. The lowest BCUT2D eigenvalue weighted by Gasteiger charge is -2.12. The van der Waals surface area contributed by atoms with E-state index in [0.717, 1.165) is 22.3 Å². The second-order valence-corrected chi connectivity index (χ2v) is 5.61. The van der Waals surface area contributed by atoms with E-state index in [2.05, 4.69) is 10.1 Å². The number of hydrogen-bond donors (Lipinski definition) is 0. The number of aromatic nitrogens is 3. The van der Waals surface area contributed by atoms with E-state index in [1.54, 1.807) is 31.3 Å². The van der Waals surface area contributed by atoms with Gasteiger partial charge in [-0.3, -0.25) is 4.98 Å². The van der Waals surface area contributed by atoms with Gasteiger partial charge in [-0.15, -0.1) is 0 Å². The standard InChI is InChI=1S/C20H17N3O3/c1-24-15-4-5-19-18(13-15)20(6-8-21-19)26-17-11-14(10-16(12-17)25-2)23-9-3-7-22-23/h3-13H,1-2H3. The first-order chi connectivity index (χ1) is 12.8. The van der Waals surface area contributed by atoms with Crippen LogP contribution in [0.15, 0.2) is 67.1 Å². The van der Waals surface area contributed by atoms with Crippen LogP contribution in [0.3, 0.4) is 0 Å². The van der Waals surface area contributed by atoms with Crippen LogP contribution in [0.4, 0.5) is 0 Å². The maximum Gasteiger partial charge on any atom is 0.138 e. The van der Waals surface area contributed by atoms with Gasteiger partial charge in [-0.1, -0.05) is 0 Å². The summed E-state index contributed by atoms with van der Waals surface area (Å²) >= 11 is 0. The van der Waals surface area contributed by atoms with Crippen molar-refractivity contribution in [1.82, 2.24) is 14.8 Å². The number of fused-ring (bicyclic) bond motifs is 1. The molecule has 0 saturated carbocycles. The Bertz CT molecular complexity index is 1050. The van der Waals surface area contributed by atoms with E-state index < -0.39 is 0 Å².